The number of aliphatic hydroxyl groups excluding tert-OH is 1. The van der Waals surface area contributed by atoms with Gasteiger partial charge in [-0.2, -0.15) is 0 Å². The topological polar surface area (TPSA) is 127 Å². The van der Waals surface area contributed by atoms with Crippen LogP contribution in [-0.4, -0.2) is 50.7 Å². The number of carbonyl (C=O) groups excluding carboxylic acids is 1. The van der Waals surface area contributed by atoms with Crippen LogP contribution in [0.3, 0.4) is 0 Å². The number of carbonyl (C=O) groups is 1. The summed E-state index contributed by atoms with van der Waals surface area (Å²) >= 11 is 0. The van der Waals surface area contributed by atoms with E-state index in [-0.39, 0.29) is 16.6 Å². The van der Waals surface area contributed by atoms with Crippen molar-refractivity contribution in [2.24, 2.45) is 0 Å². The number of amides is 1. The van der Waals surface area contributed by atoms with Crippen molar-refractivity contribution in [3.63, 3.8) is 0 Å². The highest BCUT2D eigenvalue weighted by molar-refractivity contribution is 7.90. The fourth-order valence-corrected chi connectivity index (χ4v) is 5.71. The van der Waals surface area contributed by atoms with Crippen LogP contribution in [0.1, 0.15) is 34.0 Å². The van der Waals surface area contributed by atoms with E-state index < -0.39 is 22.0 Å². The summed E-state index contributed by atoms with van der Waals surface area (Å²) in [6, 6.07) is 22.2. The summed E-state index contributed by atoms with van der Waals surface area (Å²) in [4.78, 5) is 16.7. The van der Waals surface area contributed by atoms with Crippen LogP contribution in [0.15, 0.2) is 96.2 Å². The predicted octanol–water partition coefficient (Wildman–Crippen LogP) is 3.89. The van der Waals surface area contributed by atoms with Crippen LogP contribution >= 0.6 is 0 Å². The molecule has 1 aromatic heterocycles. The molecule has 5 rings (SSSR count). The molecule has 1 aliphatic heterocycles. The third-order valence-corrected chi connectivity index (χ3v) is 8.23. The van der Waals surface area contributed by atoms with Crippen molar-refractivity contribution in [2.75, 3.05) is 20.2 Å². The average molecular weight is 574 g/mol. The molecule has 212 valence electrons. The van der Waals surface area contributed by atoms with E-state index in [1.165, 1.54) is 25.3 Å². The number of hydrogen-bond acceptors (Lipinski definition) is 8. The van der Waals surface area contributed by atoms with E-state index >= 15 is 0 Å². The Kier molecular flexibility index (Phi) is 8.63. The molecule has 2 unspecified atom stereocenters. The summed E-state index contributed by atoms with van der Waals surface area (Å²) in [7, 11) is -2.64. The molecule has 3 aromatic carbocycles. The van der Waals surface area contributed by atoms with Crippen molar-refractivity contribution in [1.29, 1.82) is 0 Å². The lowest BCUT2D eigenvalue weighted by molar-refractivity contribution is 0.0981. The van der Waals surface area contributed by atoms with E-state index in [9.17, 15) is 18.3 Å². The van der Waals surface area contributed by atoms with Gasteiger partial charge in [-0.25, -0.2) is 13.1 Å². The Hall–Kier alpha value is -4.25. The maximum Gasteiger partial charge on any atom is 0.265 e. The summed E-state index contributed by atoms with van der Waals surface area (Å²) in [5, 5.41) is 13.6. The second-order valence-electron chi connectivity index (χ2n) is 9.76. The molecule has 0 fully saturated rings. The molecule has 2 heterocycles. The number of rotatable bonds is 10. The van der Waals surface area contributed by atoms with Gasteiger partial charge in [-0.05, 0) is 78.1 Å². The first kappa shape index (κ1) is 28.3. The molecule has 0 bridgehead atoms. The quantitative estimate of drug-likeness (QED) is 0.261. The number of hydrogen-bond donors (Lipinski definition) is 3. The maximum absolute atomic E-state index is 13.0. The molecule has 2 atom stereocenters. The van der Waals surface area contributed by atoms with Crippen LogP contribution in [0, 0.1) is 0 Å². The van der Waals surface area contributed by atoms with E-state index in [1.807, 2.05) is 30.3 Å². The van der Waals surface area contributed by atoms with Gasteiger partial charge in [0.2, 0.25) is 0 Å². The summed E-state index contributed by atoms with van der Waals surface area (Å²) < 4.78 is 39.5. The third kappa shape index (κ3) is 6.91. The smallest absolute Gasteiger partial charge is 0.265 e. The second-order valence-corrected chi connectivity index (χ2v) is 11.4. The van der Waals surface area contributed by atoms with Crippen LogP contribution in [0.25, 0.3) is 11.1 Å². The molecule has 3 N–H and O–H groups in total. The molecule has 0 aliphatic carbocycles. The van der Waals surface area contributed by atoms with E-state index in [2.05, 4.69) is 15.0 Å². The standard InChI is InChI=1S/C31H31N3O6S/c1-39-26-8-2-6-24(16-26)31(36)34-41(37,38)28-9-3-5-21(17-28)22-11-13-30-23(15-22)10-12-27(40-30)19-33-20-29(35)25-7-4-14-32-18-25/h2-9,11,13-18,27,29,33,35H,10,12,19-20H2,1H3,(H,34,36). The number of sulfonamides is 1. The van der Waals surface area contributed by atoms with Gasteiger partial charge in [-0.3, -0.25) is 9.78 Å². The molecule has 10 heteroatoms. The zero-order valence-corrected chi connectivity index (χ0v) is 23.3. The van der Waals surface area contributed by atoms with Crippen molar-refractivity contribution in [1.82, 2.24) is 15.0 Å². The van der Waals surface area contributed by atoms with E-state index in [0.29, 0.717) is 24.4 Å². The van der Waals surface area contributed by atoms with Gasteiger partial charge in [0.15, 0.2) is 0 Å². The summed E-state index contributed by atoms with van der Waals surface area (Å²) in [6.45, 7) is 0.997. The molecule has 41 heavy (non-hydrogen) atoms. The molecule has 0 saturated carbocycles. The van der Waals surface area contributed by atoms with Crippen molar-refractivity contribution >= 4 is 15.9 Å². The van der Waals surface area contributed by atoms with Gasteiger partial charge < -0.3 is 19.9 Å². The number of nitrogens with zero attached hydrogens (tertiary/aromatic N) is 1. The molecule has 0 radical (unpaired) electrons. The lowest BCUT2D eigenvalue weighted by atomic mass is 9.97. The zero-order valence-electron chi connectivity index (χ0n) is 22.5. The minimum atomic E-state index is -4.11. The molecular formula is C31H31N3O6S. The number of benzene rings is 3. The van der Waals surface area contributed by atoms with Gasteiger partial charge in [0.25, 0.3) is 15.9 Å². The number of methoxy groups -OCH3 is 1. The Morgan fingerprint density at radius 2 is 1.90 bits per heavy atom. The Labute approximate surface area is 239 Å². The first-order valence-corrected chi connectivity index (χ1v) is 14.7. The average Bonchev–Trinajstić information content (AvgIpc) is 3.01. The fourth-order valence-electron chi connectivity index (χ4n) is 4.69. The largest absolute Gasteiger partial charge is 0.497 e. The Morgan fingerprint density at radius 1 is 1.07 bits per heavy atom. The lowest BCUT2D eigenvalue weighted by Crippen LogP contribution is -2.36. The van der Waals surface area contributed by atoms with Crippen LogP contribution in [-0.2, 0) is 16.4 Å². The predicted molar refractivity (Wildman–Crippen MR) is 154 cm³/mol. The number of fused-ring (bicyclic) bond motifs is 1. The molecule has 4 aromatic rings. The lowest BCUT2D eigenvalue weighted by Gasteiger charge is -2.27. The minimum absolute atomic E-state index is 0.0140. The van der Waals surface area contributed by atoms with E-state index in [4.69, 9.17) is 9.47 Å². The van der Waals surface area contributed by atoms with E-state index in [0.717, 1.165) is 35.3 Å². The van der Waals surface area contributed by atoms with Gasteiger partial charge in [0, 0.05) is 36.6 Å². The van der Waals surface area contributed by atoms with Gasteiger partial charge >= 0.3 is 0 Å². The highest BCUT2D eigenvalue weighted by Crippen LogP contribution is 2.32. The van der Waals surface area contributed by atoms with Crippen LogP contribution < -0.4 is 19.5 Å². The Balaban J connectivity index is 1.22. The number of aromatic nitrogens is 1. The first-order chi connectivity index (χ1) is 19.8. The molecule has 9 nitrogen and oxygen atoms in total. The van der Waals surface area contributed by atoms with Crippen molar-refractivity contribution in [3.8, 4) is 22.6 Å². The summed E-state index contributed by atoms with van der Waals surface area (Å²) in [5.41, 5.74) is 3.53. The van der Waals surface area contributed by atoms with Crippen LogP contribution in [0.4, 0.5) is 0 Å². The first-order valence-electron chi connectivity index (χ1n) is 13.2. The number of ether oxygens (including phenoxy) is 2. The minimum Gasteiger partial charge on any atom is -0.497 e. The third-order valence-electron chi connectivity index (χ3n) is 6.91. The molecule has 0 spiro atoms. The molecule has 1 amide bonds. The summed E-state index contributed by atoms with van der Waals surface area (Å²) in [6.07, 6.45) is 4.26. The molecule has 0 saturated heterocycles. The van der Waals surface area contributed by atoms with Crippen molar-refractivity contribution in [3.05, 3.63) is 108 Å². The highest BCUT2D eigenvalue weighted by atomic mass is 32.2. The van der Waals surface area contributed by atoms with Crippen LogP contribution in [0.5, 0.6) is 11.5 Å². The number of nitrogens with one attached hydrogen (secondary N) is 2. The van der Waals surface area contributed by atoms with Gasteiger partial charge in [-0.15, -0.1) is 0 Å². The maximum atomic E-state index is 13.0. The van der Waals surface area contributed by atoms with Gasteiger partial charge in [0.1, 0.15) is 17.6 Å². The zero-order chi connectivity index (χ0) is 28.8. The Morgan fingerprint density at radius 3 is 2.71 bits per heavy atom. The number of aryl methyl sites for hydroxylation is 1. The molecule has 1 aliphatic rings. The van der Waals surface area contributed by atoms with Gasteiger partial charge in [-0.1, -0.05) is 30.3 Å². The summed E-state index contributed by atoms with van der Waals surface area (Å²) in [5.74, 6) is 0.500. The fraction of sp³-hybridized carbons (Fsp3) is 0.226. The van der Waals surface area contributed by atoms with Crippen LogP contribution in [0.2, 0.25) is 0 Å². The second kappa shape index (κ2) is 12.5. The Bertz CT molecular complexity index is 1630. The number of pyridine rings is 1. The monoisotopic (exact) mass is 573 g/mol. The van der Waals surface area contributed by atoms with E-state index in [1.54, 1.807) is 42.7 Å². The van der Waals surface area contributed by atoms with Crippen molar-refractivity contribution in [2.45, 2.75) is 29.9 Å². The SMILES string of the molecule is COc1cccc(C(=O)NS(=O)(=O)c2cccc(-c3ccc4c(c3)CCC(CNCC(O)c3cccnc3)O4)c2)c1. The molecular weight excluding hydrogens is 542 g/mol. The van der Waals surface area contributed by atoms with Crippen molar-refractivity contribution < 1.29 is 27.8 Å². The highest BCUT2D eigenvalue weighted by Gasteiger charge is 2.22. The van der Waals surface area contributed by atoms with Gasteiger partial charge in [0.05, 0.1) is 18.1 Å². The number of aliphatic hydroxyl groups is 1. The normalized spacial score (nSPS) is 15.3.